The predicted octanol–water partition coefficient (Wildman–Crippen LogP) is 1.35. The van der Waals surface area contributed by atoms with Crippen molar-refractivity contribution < 1.29 is 14.4 Å². The summed E-state index contributed by atoms with van der Waals surface area (Å²) in [5, 5.41) is 12.6. The minimum Gasteiger partial charge on any atom is -0.481 e. The number of aliphatic carboxylic acids is 1. The number of aryl methyl sites for hydroxylation is 1. The summed E-state index contributed by atoms with van der Waals surface area (Å²) in [7, 11) is 2.02. The molecule has 1 aliphatic heterocycles. The predicted molar refractivity (Wildman–Crippen MR) is 74.4 cm³/mol. The van der Waals surface area contributed by atoms with Gasteiger partial charge in [-0.3, -0.25) is 9.69 Å². The van der Waals surface area contributed by atoms with E-state index in [4.69, 9.17) is 9.63 Å². The molecular formula is C14H23N3O3. The van der Waals surface area contributed by atoms with E-state index in [1.54, 1.807) is 0 Å². The number of carboxylic acid groups (broad SMARTS) is 1. The zero-order chi connectivity index (χ0) is 14.5. The van der Waals surface area contributed by atoms with Gasteiger partial charge in [-0.15, -0.1) is 0 Å². The number of hydrogen-bond donors (Lipinski definition) is 1. The van der Waals surface area contributed by atoms with Crippen LogP contribution in [0.5, 0.6) is 0 Å². The van der Waals surface area contributed by atoms with Crippen LogP contribution in [0.1, 0.15) is 30.7 Å². The fraction of sp³-hybridized carbons (Fsp3) is 0.714. The van der Waals surface area contributed by atoms with Crippen LogP contribution in [0.2, 0.25) is 0 Å². The van der Waals surface area contributed by atoms with Crippen molar-refractivity contribution in [2.75, 3.05) is 26.7 Å². The lowest BCUT2D eigenvalue weighted by atomic mass is 10.0. The quantitative estimate of drug-likeness (QED) is 0.849. The molecule has 6 heteroatoms. The third-order valence-corrected chi connectivity index (χ3v) is 3.92. The zero-order valence-corrected chi connectivity index (χ0v) is 12.2. The lowest BCUT2D eigenvalue weighted by molar-refractivity contribution is -0.137. The highest BCUT2D eigenvalue weighted by Crippen LogP contribution is 2.18. The maximum atomic E-state index is 10.6. The third-order valence-electron chi connectivity index (χ3n) is 3.92. The van der Waals surface area contributed by atoms with Crippen LogP contribution in [0.3, 0.4) is 0 Å². The number of carboxylic acids is 1. The molecule has 0 aliphatic carbocycles. The molecular weight excluding hydrogens is 258 g/mol. The van der Waals surface area contributed by atoms with Gasteiger partial charge in [0.1, 0.15) is 0 Å². The van der Waals surface area contributed by atoms with Crippen molar-refractivity contribution in [2.24, 2.45) is 0 Å². The van der Waals surface area contributed by atoms with Gasteiger partial charge in [0.25, 0.3) is 0 Å². The van der Waals surface area contributed by atoms with E-state index >= 15 is 0 Å². The lowest BCUT2D eigenvalue weighted by Crippen LogP contribution is -2.43. The molecule has 0 unspecified atom stereocenters. The van der Waals surface area contributed by atoms with Crippen LogP contribution in [-0.4, -0.2) is 58.8 Å². The first-order valence-corrected chi connectivity index (χ1v) is 7.11. The number of rotatable bonds is 6. The van der Waals surface area contributed by atoms with Gasteiger partial charge >= 0.3 is 5.97 Å². The molecule has 1 saturated heterocycles. The second-order valence-electron chi connectivity index (χ2n) is 5.57. The molecule has 2 rings (SSSR count). The molecule has 1 aromatic heterocycles. The summed E-state index contributed by atoms with van der Waals surface area (Å²) in [5.41, 5.74) is 0.920. The summed E-state index contributed by atoms with van der Waals surface area (Å²) in [4.78, 5) is 15.1. The standard InChI is InChI=1S/C14H23N3O3/c1-11-9-13(20-15-11)10-17-7-3-12(4-8-17)16(2)6-5-14(18)19/h9,12H,3-8,10H2,1-2H3,(H,18,19). The fourth-order valence-electron chi connectivity index (χ4n) is 2.68. The largest absolute Gasteiger partial charge is 0.481 e. The van der Waals surface area contributed by atoms with Gasteiger partial charge in [-0.05, 0) is 26.8 Å². The topological polar surface area (TPSA) is 69.8 Å². The molecule has 1 aromatic rings. The van der Waals surface area contributed by atoms with Crippen LogP contribution in [0.4, 0.5) is 0 Å². The van der Waals surface area contributed by atoms with Crippen molar-refractivity contribution in [3.63, 3.8) is 0 Å². The highest BCUT2D eigenvalue weighted by Gasteiger charge is 2.23. The summed E-state index contributed by atoms with van der Waals surface area (Å²) in [6, 6.07) is 2.47. The Bertz CT molecular complexity index is 439. The summed E-state index contributed by atoms with van der Waals surface area (Å²) in [6.07, 6.45) is 2.36. The molecule has 0 aromatic carbocycles. The van der Waals surface area contributed by atoms with Crippen molar-refractivity contribution >= 4 is 5.97 Å². The molecule has 112 valence electrons. The second kappa shape index (κ2) is 6.85. The Kier molecular flexibility index (Phi) is 5.14. The SMILES string of the molecule is Cc1cc(CN2CCC(N(C)CCC(=O)O)CC2)on1. The second-order valence-corrected chi connectivity index (χ2v) is 5.57. The molecule has 2 heterocycles. The van der Waals surface area contributed by atoms with Gasteiger partial charge in [0.2, 0.25) is 0 Å². The van der Waals surface area contributed by atoms with Gasteiger partial charge < -0.3 is 14.5 Å². The zero-order valence-electron chi connectivity index (χ0n) is 12.2. The van der Waals surface area contributed by atoms with E-state index in [-0.39, 0.29) is 6.42 Å². The molecule has 0 amide bonds. The van der Waals surface area contributed by atoms with E-state index in [0.717, 1.165) is 43.9 Å². The van der Waals surface area contributed by atoms with Crippen LogP contribution in [0.25, 0.3) is 0 Å². The van der Waals surface area contributed by atoms with Crippen molar-refractivity contribution in [1.29, 1.82) is 0 Å². The van der Waals surface area contributed by atoms with E-state index in [2.05, 4.69) is 15.0 Å². The maximum Gasteiger partial charge on any atom is 0.304 e. The number of hydrogen-bond acceptors (Lipinski definition) is 5. The molecule has 0 radical (unpaired) electrons. The third kappa shape index (κ3) is 4.31. The number of likely N-dealkylation sites (tertiary alicyclic amines) is 1. The van der Waals surface area contributed by atoms with E-state index < -0.39 is 5.97 Å². The Morgan fingerprint density at radius 3 is 2.80 bits per heavy atom. The fourth-order valence-corrected chi connectivity index (χ4v) is 2.68. The van der Waals surface area contributed by atoms with Crippen LogP contribution in [0, 0.1) is 6.92 Å². The molecule has 1 N–H and O–H groups in total. The van der Waals surface area contributed by atoms with Gasteiger partial charge in [0.15, 0.2) is 5.76 Å². The average molecular weight is 281 g/mol. The summed E-state index contributed by atoms with van der Waals surface area (Å²) in [6.45, 7) is 5.40. The Hall–Kier alpha value is -1.40. The van der Waals surface area contributed by atoms with Crippen molar-refractivity contribution in [2.45, 2.75) is 38.8 Å². The van der Waals surface area contributed by atoms with Gasteiger partial charge in [0.05, 0.1) is 18.7 Å². The van der Waals surface area contributed by atoms with E-state index in [0.29, 0.717) is 12.6 Å². The van der Waals surface area contributed by atoms with Gasteiger partial charge in [0, 0.05) is 31.7 Å². The van der Waals surface area contributed by atoms with Crippen LogP contribution in [0.15, 0.2) is 10.6 Å². The first kappa shape index (κ1) is 15.0. The van der Waals surface area contributed by atoms with E-state index in [1.165, 1.54) is 0 Å². The number of piperidine rings is 1. The van der Waals surface area contributed by atoms with Gasteiger partial charge in [-0.25, -0.2) is 0 Å². The number of aromatic nitrogens is 1. The molecule has 0 saturated carbocycles. The average Bonchev–Trinajstić information content (AvgIpc) is 2.82. The van der Waals surface area contributed by atoms with E-state index in [9.17, 15) is 4.79 Å². The van der Waals surface area contributed by atoms with E-state index in [1.807, 2.05) is 20.0 Å². The first-order chi connectivity index (χ1) is 9.54. The monoisotopic (exact) mass is 281 g/mol. The van der Waals surface area contributed by atoms with Gasteiger partial charge in [-0.2, -0.15) is 0 Å². The highest BCUT2D eigenvalue weighted by atomic mass is 16.5. The summed E-state index contributed by atoms with van der Waals surface area (Å²) < 4.78 is 5.24. The normalized spacial score (nSPS) is 17.8. The lowest BCUT2D eigenvalue weighted by Gasteiger charge is -2.36. The number of nitrogens with zero attached hydrogens (tertiary/aromatic N) is 3. The van der Waals surface area contributed by atoms with Crippen molar-refractivity contribution in [3.05, 3.63) is 17.5 Å². The van der Waals surface area contributed by atoms with Crippen LogP contribution in [-0.2, 0) is 11.3 Å². The molecule has 1 fully saturated rings. The minimum atomic E-state index is -0.727. The minimum absolute atomic E-state index is 0.216. The number of carbonyl (C=O) groups is 1. The maximum absolute atomic E-state index is 10.6. The van der Waals surface area contributed by atoms with Crippen molar-refractivity contribution in [1.82, 2.24) is 15.0 Å². The molecule has 0 bridgehead atoms. The molecule has 6 nitrogen and oxygen atoms in total. The molecule has 0 spiro atoms. The van der Waals surface area contributed by atoms with Gasteiger partial charge in [-0.1, -0.05) is 5.16 Å². The summed E-state index contributed by atoms with van der Waals surface area (Å²) in [5.74, 6) is 0.190. The molecule has 20 heavy (non-hydrogen) atoms. The van der Waals surface area contributed by atoms with Crippen LogP contribution >= 0.6 is 0 Å². The molecule has 1 aliphatic rings. The smallest absolute Gasteiger partial charge is 0.304 e. The van der Waals surface area contributed by atoms with Crippen molar-refractivity contribution in [3.8, 4) is 0 Å². The Labute approximate surface area is 119 Å². The Morgan fingerprint density at radius 2 is 2.25 bits per heavy atom. The Morgan fingerprint density at radius 1 is 1.55 bits per heavy atom. The molecule has 0 atom stereocenters. The van der Waals surface area contributed by atoms with Crippen LogP contribution < -0.4 is 0 Å². The summed E-state index contributed by atoms with van der Waals surface area (Å²) >= 11 is 0. The highest BCUT2D eigenvalue weighted by molar-refractivity contribution is 5.66. The first-order valence-electron chi connectivity index (χ1n) is 7.11. The Balaban J connectivity index is 1.73.